The minimum atomic E-state index is -0.736. The van der Waals surface area contributed by atoms with Crippen molar-refractivity contribution in [3.05, 3.63) is 23.8 Å². The van der Waals surface area contributed by atoms with Crippen molar-refractivity contribution in [3.63, 3.8) is 0 Å². The smallest absolute Gasteiger partial charge is 0.223 e. The van der Waals surface area contributed by atoms with E-state index in [2.05, 4.69) is 0 Å². The molecule has 0 bridgehead atoms. The zero-order chi connectivity index (χ0) is 13.6. The summed E-state index contributed by atoms with van der Waals surface area (Å²) in [6.07, 6.45) is 1.36. The van der Waals surface area contributed by atoms with Crippen LogP contribution in [0.2, 0.25) is 0 Å². The van der Waals surface area contributed by atoms with Crippen molar-refractivity contribution in [2.75, 3.05) is 30.3 Å². The molecule has 1 unspecified atom stereocenters. The number of nitrogen functional groups attached to an aromatic ring is 1. The molecule has 0 aliphatic carbocycles. The molecular formula is C13H15F2N3O. The van der Waals surface area contributed by atoms with E-state index >= 15 is 0 Å². The number of halogens is 2. The molecule has 1 aromatic rings. The largest absolute Gasteiger partial charge is 0.395 e. The number of fused-ring (bicyclic) bond motifs is 1. The van der Waals surface area contributed by atoms with Crippen molar-refractivity contribution in [1.82, 2.24) is 4.90 Å². The maximum atomic E-state index is 13.5. The van der Waals surface area contributed by atoms with Crippen LogP contribution >= 0.6 is 0 Å². The van der Waals surface area contributed by atoms with Gasteiger partial charge in [0.2, 0.25) is 5.91 Å². The lowest BCUT2D eigenvalue weighted by molar-refractivity contribution is -0.129. The number of anilines is 2. The third-order valence-electron chi connectivity index (χ3n) is 3.91. The molecule has 0 saturated carbocycles. The Morgan fingerprint density at radius 1 is 1.26 bits per heavy atom. The summed E-state index contributed by atoms with van der Waals surface area (Å²) in [5.74, 6) is -1.20. The van der Waals surface area contributed by atoms with E-state index in [0.717, 1.165) is 12.5 Å². The van der Waals surface area contributed by atoms with E-state index in [1.807, 2.05) is 9.80 Å². The van der Waals surface area contributed by atoms with E-state index < -0.39 is 11.6 Å². The van der Waals surface area contributed by atoms with Gasteiger partial charge in [0.05, 0.1) is 11.4 Å². The fraction of sp³-hybridized carbons (Fsp3) is 0.462. The van der Waals surface area contributed by atoms with Gasteiger partial charge in [-0.05, 0) is 12.5 Å². The maximum Gasteiger partial charge on any atom is 0.223 e. The highest BCUT2D eigenvalue weighted by Gasteiger charge is 2.36. The van der Waals surface area contributed by atoms with Crippen LogP contribution in [0.5, 0.6) is 0 Å². The number of amides is 1. The van der Waals surface area contributed by atoms with Crippen LogP contribution in [-0.4, -0.2) is 36.5 Å². The monoisotopic (exact) mass is 267 g/mol. The summed E-state index contributed by atoms with van der Waals surface area (Å²) in [7, 11) is 0. The molecule has 3 rings (SSSR count). The van der Waals surface area contributed by atoms with Gasteiger partial charge in [0.15, 0.2) is 5.82 Å². The van der Waals surface area contributed by atoms with Crippen LogP contribution in [0.3, 0.4) is 0 Å². The number of nitrogens with zero attached hydrogens (tertiary/aromatic N) is 2. The average Bonchev–Trinajstić information content (AvgIpc) is 2.75. The number of carbonyl (C=O) groups is 1. The number of rotatable bonds is 1. The summed E-state index contributed by atoms with van der Waals surface area (Å²) >= 11 is 0. The van der Waals surface area contributed by atoms with E-state index in [-0.39, 0.29) is 17.6 Å². The summed E-state index contributed by atoms with van der Waals surface area (Å²) < 4.78 is 26.8. The van der Waals surface area contributed by atoms with Crippen molar-refractivity contribution in [2.24, 2.45) is 0 Å². The van der Waals surface area contributed by atoms with Gasteiger partial charge in [-0.2, -0.15) is 0 Å². The molecule has 6 heteroatoms. The van der Waals surface area contributed by atoms with E-state index in [0.29, 0.717) is 31.7 Å². The van der Waals surface area contributed by atoms with Crippen LogP contribution < -0.4 is 10.6 Å². The topological polar surface area (TPSA) is 49.6 Å². The van der Waals surface area contributed by atoms with E-state index in [4.69, 9.17) is 5.73 Å². The lowest BCUT2D eigenvalue weighted by Gasteiger charge is -2.39. The van der Waals surface area contributed by atoms with Crippen LogP contribution in [0.25, 0.3) is 0 Å². The Labute approximate surface area is 109 Å². The quantitative estimate of drug-likeness (QED) is 0.782. The average molecular weight is 267 g/mol. The molecule has 2 fully saturated rings. The maximum absolute atomic E-state index is 13.5. The molecule has 4 nitrogen and oxygen atoms in total. The second-order valence-electron chi connectivity index (χ2n) is 5.05. The Kier molecular flexibility index (Phi) is 2.80. The lowest BCUT2D eigenvalue weighted by Crippen LogP contribution is -2.51. The molecule has 0 spiro atoms. The zero-order valence-electron chi connectivity index (χ0n) is 10.4. The Balaban J connectivity index is 1.86. The molecule has 1 amide bonds. The number of hydrogen-bond acceptors (Lipinski definition) is 3. The highest BCUT2D eigenvalue weighted by Crippen LogP contribution is 2.31. The van der Waals surface area contributed by atoms with Gasteiger partial charge in [-0.15, -0.1) is 0 Å². The second-order valence-corrected chi connectivity index (χ2v) is 5.05. The van der Waals surface area contributed by atoms with Crippen molar-refractivity contribution >= 4 is 17.3 Å². The van der Waals surface area contributed by atoms with Gasteiger partial charge in [0.1, 0.15) is 5.82 Å². The molecule has 0 radical (unpaired) electrons. The Morgan fingerprint density at radius 3 is 2.84 bits per heavy atom. The molecule has 2 heterocycles. The van der Waals surface area contributed by atoms with Crippen molar-refractivity contribution in [1.29, 1.82) is 0 Å². The second kappa shape index (κ2) is 4.36. The Morgan fingerprint density at radius 2 is 2.05 bits per heavy atom. The summed E-state index contributed by atoms with van der Waals surface area (Å²) in [4.78, 5) is 15.3. The first-order valence-corrected chi connectivity index (χ1v) is 6.35. The third kappa shape index (κ3) is 2.01. The number of carbonyl (C=O) groups excluding carboxylic acids is 1. The van der Waals surface area contributed by atoms with Crippen LogP contribution in [0, 0.1) is 11.6 Å². The van der Waals surface area contributed by atoms with Gasteiger partial charge in [0, 0.05) is 38.2 Å². The normalized spacial score (nSPS) is 22.8. The first kappa shape index (κ1) is 12.2. The third-order valence-corrected chi connectivity index (χ3v) is 3.91. The van der Waals surface area contributed by atoms with Crippen molar-refractivity contribution < 1.29 is 13.6 Å². The van der Waals surface area contributed by atoms with Gasteiger partial charge in [-0.25, -0.2) is 8.78 Å². The van der Waals surface area contributed by atoms with Crippen molar-refractivity contribution in [2.45, 2.75) is 18.9 Å². The molecule has 1 atom stereocenters. The number of nitrogens with two attached hydrogens (primary N) is 1. The van der Waals surface area contributed by atoms with E-state index in [1.165, 1.54) is 6.07 Å². The number of piperazine rings is 1. The minimum Gasteiger partial charge on any atom is -0.395 e. The summed E-state index contributed by atoms with van der Waals surface area (Å²) in [6.45, 7) is 1.72. The molecular weight excluding hydrogens is 252 g/mol. The Bertz CT molecular complexity index is 535. The van der Waals surface area contributed by atoms with Crippen LogP contribution in [0.1, 0.15) is 12.8 Å². The Hall–Kier alpha value is -1.85. The summed E-state index contributed by atoms with van der Waals surface area (Å²) in [5.41, 5.74) is 6.04. The van der Waals surface area contributed by atoms with Gasteiger partial charge >= 0.3 is 0 Å². The van der Waals surface area contributed by atoms with Crippen LogP contribution in [0.4, 0.5) is 20.2 Å². The number of benzene rings is 1. The SMILES string of the molecule is Nc1c(F)cc(F)cc1N1CCN2C(=O)CCC2C1. The molecule has 19 heavy (non-hydrogen) atoms. The molecule has 102 valence electrons. The molecule has 2 N–H and O–H groups in total. The standard InChI is InChI=1S/C13H15F2N3O/c14-8-5-10(15)13(16)11(6-8)17-3-4-18-9(7-17)1-2-12(18)19/h5-6,9H,1-4,7,16H2. The lowest BCUT2D eigenvalue weighted by atomic mass is 10.1. The van der Waals surface area contributed by atoms with Crippen LogP contribution in [-0.2, 0) is 4.79 Å². The van der Waals surface area contributed by atoms with E-state index in [1.54, 1.807) is 0 Å². The molecule has 2 aliphatic heterocycles. The highest BCUT2D eigenvalue weighted by molar-refractivity contribution is 5.79. The fourth-order valence-electron chi connectivity index (χ4n) is 2.92. The summed E-state index contributed by atoms with van der Waals surface area (Å²) in [6, 6.07) is 2.17. The molecule has 1 aromatic carbocycles. The summed E-state index contributed by atoms with van der Waals surface area (Å²) in [5, 5.41) is 0. The minimum absolute atomic E-state index is 0.0285. The molecule has 2 aliphatic rings. The molecule has 2 saturated heterocycles. The predicted molar refractivity (Wildman–Crippen MR) is 67.7 cm³/mol. The van der Waals surface area contributed by atoms with E-state index in [9.17, 15) is 13.6 Å². The van der Waals surface area contributed by atoms with Gasteiger partial charge < -0.3 is 15.5 Å². The molecule has 0 aromatic heterocycles. The number of hydrogen-bond donors (Lipinski definition) is 1. The zero-order valence-corrected chi connectivity index (χ0v) is 10.4. The fourth-order valence-corrected chi connectivity index (χ4v) is 2.92. The van der Waals surface area contributed by atoms with Gasteiger partial charge in [0.25, 0.3) is 0 Å². The first-order valence-electron chi connectivity index (χ1n) is 6.35. The predicted octanol–water partition coefficient (Wildman–Crippen LogP) is 1.36. The van der Waals surface area contributed by atoms with Gasteiger partial charge in [-0.3, -0.25) is 4.79 Å². The van der Waals surface area contributed by atoms with Crippen LogP contribution in [0.15, 0.2) is 12.1 Å². The van der Waals surface area contributed by atoms with Gasteiger partial charge in [-0.1, -0.05) is 0 Å². The van der Waals surface area contributed by atoms with Crippen molar-refractivity contribution in [3.8, 4) is 0 Å². The highest BCUT2D eigenvalue weighted by atomic mass is 19.1. The first-order chi connectivity index (χ1) is 9.06.